The summed E-state index contributed by atoms with van der Waals surface area (Å²) in [5.41, 5.74) is 1.87. The minimum absolute atomic E-state index is 0.423. The minimum Gasteiger partial charge on any atom is -0.380 e. The zero-order valence-electron chi connectivity index (χ0n) is 9.69. The molecule has 4 heteroatoms. The normalized spacial score (nSPS) is 13.3. The van der Waals surface area contributed by atoms with Crippen molar-refractivity contribution in [3.05, 3.63) is 16.6 Å². The van der Waals surface area contributed by atoms with E-state index in [1.54, 1.807) is 11.3 Å². The molecule has 3 nitrogen and oxygen atoms in total. The molecular weight excluding hydrogens is 208 g/mol. The van der Waals surface area contributed by atoms with E-state index in [2.05, 4.69) is 24.1 Å². The standard InChI is InChI=1S/C11H20N2OS/c1-4-14-7-11(9(2)3)13-6-10-5-12-8-15-10/h5,8-9,11,13H,4,6-7H2,1-3H3. The first-order chi connectivity index (χ1) is 7.24. The molecule has 0 saturated heterocycles. The van der Waals surface area contributed by atoms with Crippen LogP contribution in [0.5, 0.6) is 0 Å². The van der Waals surface area contributed by atoms with E-state index in [0.29, 0.717) is 12.0 Å². The summed E-state index contributed by atoms with van der Waals surface area (Å²) in [6.07, 6.45) is 1.91. The van der Waals surface area contributed by atoms with Crippen molar-refractivity contribution in [2.24, 2.45) is 5.92 Å². The molecule has 0 aromatic carbocycles. The summed E-state index contributed by atoms with van der Waals surface area (Å²) < 4.78 is 5.45. The molecule has 1 rings (SSSR count). The van der Waals surface area contributed by atoms with Crippen LogP contribution in [0.2, 0.25) is 0 Å². The molecule has 1 aromatic rings. The third-order valence-electron chi connectivity index (χ3n) is 2.33. The number of nitrogens with zero attached hydrogens (tertiary/aromatic N) is 1. The average Bonchev–Trinajstić information content (AvgIpc) is 2.70. The van der Waals surface area contributed by atoms with Crippen LogP contribution in [0.4, 0.5) is 0 Å². The van der Waals surface area contributed by atoms with E-state index in [4.69, 9.17) is 4.74 Å². The lowest BCUT2D eigenvalue weighted by Gasteiger charge is -2.21. The molecular formula is C11H20N2OS. The second kappa shape index (κ2) is 6.93. The third-order valence-corrected chi connectivity index (χ3v) is 3.11. The maximum absolute atomic E-state index is 5.45. The summed E-state index contributed by atoms with van der Waals surface area (Å²) in [5, 5.41) is 3.50. The predicted octanol–water partition coefficient (Wildman–Crippen LogP) is 2.29. The molecule has 0 aliphatic heterocycles. The fraction of sp³-hybridized carbons (Fsp3) is 0.727. The molecule has 1 heterocycles. The van der Waals surface area contributed by atoms with Gasteiger partial charge < -0.3 is 10.1 Å². The molecule has 1 aromatic heterocycles. The van der Waals surface area contributed by atoms with Crippen LogP contribution in [0.25, 0.3) is 0 Å². The number of nitrogens with one attached hydrogen (secondary N) is 1. The number of ether oxygens (including phenoxy) is 1. The van der Waals surface area contributed by atoms with Gasteiger partial charge in [0.1, 0.15) is 0 Å². The molecule has 1 N–H and O–H groups in total. The molecule has 0 spiro atoms. The highest BCUT2D eigenvalue weighted by Gasteiger charge is 2.12. The van der Waals surface area contributed by atoms with Crippen molar-refractivity contribution in [1.29, 1.82) is 0 Å². The predicted molar refractivity (Wildman–Crippen MR) is 64.1 cm³/mol. The average molecular weight is 228 g/mol. The molecule has 15 heavy (non-hydrogen) atoms. The van der Waals surface area contributed by atoms with Crippen molar-refractivity contribution in [2.75, 3.05) is 13.2 Å². The van der Waals surface area contributed by atoms with Crippen LogP contribution in [0.15, 0.2) is 11.7 Å². The number of aromatic nitrogens is 1. The van der Waals surface area contributed by atoms with Gasteiger partial charge in [-0.1, -0.05) is 13.8 Å². The van der Waals surface area contributed by atoms with Crippen LogP contribution >= 0.6 is 11.3 Å². The van der Waals surface area contributed by atoms with Gasteiger partial charge in [0.2, 0.25) is 0 Å². The summed E-state index contributed by atoms with van der Waals surface area (Å²) >= 11 is 1.69. The summed E-state index contributed by atoms with van der Waals surface area (Å²) in [6.45, 7) is 8.91. The van der Waals surface area contributed by atoms with Gasteiger partial charge in [0.15, 0.2) is 0 Å². The van der Waals surface area contributed by atoms with Gasteiger partial charge >= 0.3 is 0 Å². The van der Waals surface area contributed by atoms with Gasteiger partial charge in [0.25, 0.3) is 0 Å². The largest absolute Gasteiger partial charge is 0.380 e. The fourth-order valence-electron chi connectivity index (χ4n) is 1.29. The van der Waals surface area contributed by atoms with Crippen LogP contribution in [-0.4, -0.2) is 24.2 Å². The van der Waals surface area contributed by atoms with Gasteiger partial charge in [-0.05, 0) is 12.8 Å². The monoisotopic (exact) mass is 228 g/mol. The van der Waals surface area contributed by atoms with Crippen molar-refractivity contribution >= 4 is 11.3 Å². The minimum atomic E-state index is 0.423. The van der Waals surface area contributed by atoms with Gasteiger partial charge in [-0.2, -0.15) is 0 Å². The molecule has 0 fully saturated rings. The van der Waals surface area contributed by atoms with E-state index in [0.717, 1.165) is 19.8 Å². The Hall–Kier alpha value is -0.450. The second-order valence-corrected chi connectivity index (χ2v) is 4.83. The summed E-state index contributed by atoms with van der Waals surface area (Å²) in [6, 6.07) is 0.423. The lowest BCUT2D eigenvalue weighted by Crippen LogP contribution is -2.37. The maximum Gasteiger partial charge on any atom is 0.0794 e. The Bertz CT molecular complexity index is 249. The Morgan fingerprint density at radius 1 is 1.53 bits per heavy atom. The molecule has 0 amide bonds. The highest BCUT2D eigenvalue weighted by molar-refractivity contribution is 7.09. The van der Waals surface area contributed by atoms with Crippen molar-refractivity contribution in [3.63, 3.8) is 0 Å². The van der Waals surface area contributed by atoms with Crippen LogP contribution in [-0.2, 0) is 11.3 Å². The smallest absolute Gasteiger partial charge is 0.0794 e. The van der Waals surface area contributed by atoms with Crippen LogP contribution in [0.3, 0.4) is 0 Å². The van der Waals surface area contributed by atoms with Gasteiger partial charge in [-0.25, -0.2) is 0 Å². The first-order valence-corrected chi connectivity index (χ1v) is 6.30. The SMILES string of the molecule is CCOCC(NCc1cncs1)C(C)C. The Morgan fingerprint density at radius 2 is 2.33 bits per heavy atom. The Kier molecular flexibility index (Phi) is 5.83. The van der Waals surface area contributed by atoms with Gasteiger partial charge in [0.05, 0.1) is 12.1 Å². The molecule has 0 radical (unpaired) electrons. The van der Waals surface area contributed by atoms with E-state index < -0.39 is 0 Å². The lowest BCUT2D eigenvalue weighted by atomic mass is 10.1. The van der Waals surface area contributed by atoms with Gasteiger partial charge in [-0.3, -0.25) is 4.98 Å². The van der Waals surface area contributed by atoms with Gasteiger partial charge in [-0.15, -0.1) is 11.3 Å². The maximum atomic E-state index is 5.45. The number of rotatable bonds is 7. The zero-order chi connectivity index (χ0) is 11.1. The molecule has 0 saturated carbocycles. The highest BCUT2D eigenvalue weighted by atomic mass is 32.1. The Morgan fingerprint density at radius 3 is 2.87 bits per heavy atom. The van der Waals surface area contributed by atoms with E-state index in [-0.39, 0.29) is 0 Å². The first kappa shape index (κ1) is 12.6. The topological polar surface area (TPSA) is 34.1 Å². The van der Waals surface area contributed by atoms with E-state index in [9.17, 15) is 0 Å². The zero-order valence-corrected chi connectivity index (χ0v) is 10.5. The Labute approximate surface area is 95.9 Å². The highest BCUT2D eigenvalue weighted by Crippen LogP contribution is 2.08. The molecule has 86 valence electrons. The van der Waals surface area contributed by atoms with Crippen molar-refractivity contribution in [1.82, 2.24) is 10.3 Å². The Balaban J connectivity index is 2.31. The molecule has 1 atom stereocenters. The van der Waals surface area contributed by atoms with Crippen LogP contribution in [0, 0.1) is 5.92 Å². The second-order valence-electron chi connectivity index (χ2n) is 3.86. The third kappa shape index (κ3) is 4.73. The number of thiazole rings is 1. The van der Waals surface area contributed by atoms with Crippen LogP contribution < -0.4 is 5.32 Å². The molecule has 1 unspecified atom stereocenters. The summed E-state index contributed by atoms with van der Waals surface area (Å²) in [5.74, 6) is 0.587. The number of hydrogen-bond donors (Lipinski definition) is 1. The summed E-state index contributed by atoms with van der Waals surface area (Å²) in [4.78, 5) is 5.33. The first-order valence-electron chi connectivity index (χ1n) is 5.42. The summed E-state index contributed by atoms with van der Waals surface area (Å²) in [7, 11) is 0. The van der Waals surface area contributed by atoms with Crippen molar-refractivity contribution in [3.8, 4) is 0 Å². The van der Waals surface area contributed by atoms with E-state index in [1.165, 1.54) is 4.88 Å². The lowest BCUT2D eigenvalue weighted by molar-refractivity contribution is 0.108. The van der Waals surface area contributed by atoms with Crippen molar-refractivity contribution < 1.29 is 4.74 Å². The molecule has 0 aliphatic rings. The fourth-order valence-corrected chi connectivity index (χ4v) is 1.84. The molecule has 0 bridgehead atoms. The van der Waals surface area contributed by atoms with E-state index >= 15 is 0 Å². The van der Waals surface area contributed by atoms with Crippen LogP contribution in [0.1, 0.15) is 25.6 Å². The quantitative estimate of drug-likeness (QED) is 0.777. The number of hydrogen-bond acceptors (Lipinski definition) is 4. The van der Waals surface area contributed by atoms with Gasteiger partial charge in [0, 0.05) is 30.3 Å². The van der Waals surface area contributed by atoms with Crippen molar-refractivity contribution in [2.45, 2.75) is 33.4 Å². The van der Waals surface area contributed by atoms with E-state index in [1.807, 2.05) is 18.6 Å². The molecule has 0 aliphatic carbocycles.